The number of nitrogens with two attached hydrogens (primary N) is 1. The smallest absolute Gasteiger partial charge is 0.0359 e. The lowest BCUT2D eigenvalue weighted by Gasteiger charge is -2.35. The van der Waals surface area contributed by atoms with Crippen molar-refractivity contribution in [1.29, 1.82) is 0 Å². The molecule has 0 fully saturated rings. The Hall–Kier alpha value is -1.16. The molecule has 2 N–H and O–H groups in total. The van der Waals surface area contributed by atoms with Gasteiger partial charge in [0.05, 0.1) is 0 Å². The van der Waals surface area contributed by atoms with E-state index in [0.717, 1.165) is 13.1 Å². The largest absolute Gasteiger partial charge is 0.323 e. The van der Waals surface area contributed by atoms with Gasteiger partial charge in [0, 0.05) is 19.1 Å². The quantitative estimate of drug-likeness (QED) is 0.873. The Morgan fingerprint density at radius 3 is 2.50 bits per heavy atom. The second-order valence-electron chi connectivity index (χ2n) is 6.18. The van der Waals surface area contributed by atoms with Gasteiger partial charge in [0.2, 0.25) is 0 Å². The van der Waals surface area contributed by atoms with Gasteiger partial charge in [-0.15, -0.1) is 0 Å². The zero-order valence-corrected chi connectivity index (χ0v) is 13.4. The average molecular weight is 288 g/mol. The highest BCUT2D eigenvalue weighted by atomic mass is 32.1. The first-order valence-electron chi connectivity index (χ1n) is 6.99. The molecule has 1 unspecified atom stereocenters. The third-order valence-electron chi connectivity index (χ3n) is 3.71. The first kappa shape index (κ1) is 15.2. The molecule has 0 saturated carbocycles. The Balaban J connectivity index is 1.99. The van der Waals surface area contributed by atoms with E-state index in [1.807, 2.05) is 6.07 Å². The zero-order chi connectivity index (χ0) is 14.6. The molecule has 1 heterocycles. The normalized spacial score (nSPS) is 13.7. The summed E-state index contributed by atoms with van der Waals surface area (Å²) in [6.45, 7) is 6.44. The third kappa shape index (κ3) is 3.92. The van der Waals surface area contributed by atoms with E-state index in [1.165, 1.54) is 11.1 Å². The summed E-state index contributed by atoms with van der Waals surface area (Å²) in [7, 11) is 2.16. The first-order chi connectivity index (χ1) is 9.49. The molecule has 1 atom stereocenters. The summed E-state index contributed by atoms with van der Waals surface area (Å²) >= 11 is 1.75. The van der Waals surface area contributed by atoms with Gasteiger partial charge in [-0.2, -0.15) is 11.3 Å². The molecular formula is C17H24N2S. The lowest BCUT2D eigenvalue weighted by Crippen LogP contribution is -2.39. The van der Waals surface area contributed by atoms with Crippen LogP contribution in [0.15, 0.2) is 47.2 Å². The Kier molecular flexibility index (Phi) is 4.97. The van der Waals surface area contributed by atoms with Crippen molar-refractivity contribution in [2.24, 2.45) is 11.1 Å². The fourth-order valence-corrected chi connectivity index (χ4v) is 3.32. The van der Waals surface area contributed by atoms with Crippen LogP contribution in [-0.2, 0) is 6.54 Å². The molecule has 0 aliphatic heterocycles. The van der Waals surface area contributed by atoms with Crippen LogP contribution in [0.25, 0.3) is 0 Å². The molecule has 0 amide bonds. The maximum Gasteiger partial charge on any atom is 0.0359 e. The highest BCUT2D eigenvalue weighted by Crippen LogP contribution is 2.32. The minimum atomic E-state index is 0.0339. The summed E-state index contributed by atoms with van der Waals surface area (Å²) in [5.41, 5.74) is 9.09. The molecule has 2 rings (SSSR count). The molecule has 0 bridgehead atoms. The predicted octanol–water partition coefficient (Wildman–Crippen LogP) is 3.91. The van der Waals surface area contributed by atoms with Crippen LogP contribution in [0.5, 0.6) is 0 Å². The third-order valence-corrected chi connectivity index (χ3v) is 4.44. The van der Waals surface area contributed by atoms with Crippen LogP contribution >= 0.6 is 11.3 Å². The maximum atomic E-state index is 6.47. The lowest BCUT2D eigenvalue weighted by molar-refractivity contribution is 0.172. The molecule has 1 aromatic heterocycles. The summed E-state index contributed by atoms with van der Waals surface area (Å²) in [6.07, 6.45) is 0. The van der Waals surface area contributed by atoms with E-state index in [-0.39, 0.29) is 11.5 Å². The minimum Gasteiger partial charge on any atom is -0.323 e. The molecule has 20 heavy (non-hydrogen) atoms. The van der Waals surface area contributed by atoms with Crippen LogP contribution in [-0.4, -0.2) is 18.5 Å². The van der Waals surface area contributed by atoms with E-state index in [9.17, 15) is 0 Å². The van der Waals surface area contributed by atoms with Crippen molar-refractivity contribution < 1.29 is 0 Å². The molecule has 0 radical (unpaired) electrons. The van der Waals surface area contributed by atoms with Crippen molar-refractivity contribution in [2.45, 2.75) is 26.4 Å². The highest BCUT2D eigenvalue weighted by molar-refractivity contribution is 7.07. The van der Waals surface area contributed by atoms with E-state index in [0.29, 0.717) is 0 Å². The summed E-state index contributed by atoms with van der Waals surface area (Å²) in [6, 6.07) is 12.6. The van der Waals surface area contributed by atoms with E-state index in [2.05, 4.69) is 66.9 Å². The van der Waals surface area contributed by atoms with E-state index in [4.69, 9.17) is 5.73 Å². The van der Waals surface area contributed by atoms with Crippen LogP contribution in [0.3, 0.4) is 0 Å². The average Bonchev–Trinajstić information content (AvgIpc) is 2.91. The van der Waals surface area contributed by atoms with Crippen molar-refractivity contribution in [3.63, 3.8) is 0 Å². The summed E-state index contributed by atoms with van der Waals surface area (Å²) in [5, 5.41) is 4.34. The van der Waals surface area contributed by atoms with Crippen LogP contribution in [0.1, 0.15) is 31.0 Å². The molecule has 108 valence electrons. The number of benzene rings is 1. The lowest BCUT2D eigenvalue weighted by atomic mass is 9.80. The SMILES string of the molecule is CN(Cc1ccsc1)CC(C)(C)C(N)c1ccccc1. The molecule has 2 aromatic rings. The first-order valence-corrected chi connectivity index (χ1v) is 7.93. The number of hydrogen-bond donors (Lipinski definition) is 1. The van der Waals surface area contributed by atoms with Crippen molar-refractivity contribution in [2.75, 3.05) is 13.6 Å². The summed E-state index contributed by atoms with van der Waals surface area (Å²) < 4.78 is 0. The van der Waals surface area contributed by atoms with Gasteiger partial charge in [0.15, 0.2) is 0 Å². The van der Waals surface area contributed by atoms with E-state index in [1.54, 1.807) is 11.3 Å². The number of nitrogens with zero attached hydrogens (tertiary/aromatic N) is 1. The topological polar surface area (TPSA) is 29.3 Å². The van der Waals surface area contributed by atoms with Crippen molar-refractivity contribution in [3.8, 4) is 0 Å². The van der Waals surface area contributed by atoms with Crippen molar-refractivity contribution in [3.05, 3.63) is 58.3 Å². The van der Waals surface area contributed by atoms with Gasteiger partial charge in [0.25, 0.3) is 0 Å². The van der Waals surface area contributed by atoms with Crippen LogP contribution in [0.4, 0.5) is 0 Å². The fraction of sp³-hybridized carbons (Fsp3) is 0.412. The molecule has 0 spiro atoms. The molecule has 0 saturated heterocycles. The zero-order valence-electron chi connectivity index (χ0n) is 12.5. The monoisotopic (exact) mass is 288 g/mol. The van der Waals surface area contributed by atoms with Crippen LogP contribution in [0.2, 0.25) is 0 Å². The van der Waals surface area contributed by atoms with E-state index < -0.39 is 0 Å². The van der Waals surface area contributed by atoms with Crippen molar-refractivity contribution >= 4 is 11.3 Å². The van der Waals surface area contributed by atoms with Gasteiger partial charge >= 0.3 is 0 Å². The van der Waals surface area contributed by atoms with Crippen molar-refractivity contribution in [1.82, 2.24) is 4.90 Å². The minimum absolute atomic E-state index is 0.0339. The van der Waals surface area contributed by atoms with E-state index >= 15 is 0 Å². The Bertz CT molecular complexity index is 505. The number of thiophene rings is 1. The van der Waals surface area contributed by atoms with Gasteiger partial charge in [-0.05, 0) is 40.4 Å². The second kappa shape index (κ2) is 6.53. The molecular weight excluding hydrogens is 264 g/mol. The summed E-state index contributed by atoms with van der Waals surface area (Å²) in [5.74, 6) is 0. The van der Waals surface area contributed by atoms with Crippen LogP contribution in [0, 0.1) is 5.41 Å². The molecule has 0 aliphatic rings. The fourth-order valence-electron chi connectivity index (χ4n) is 2.66. The Morgan fingerprint density at radius 2 is 1.90 bits per heavy atom. The Labute approximate surface area is 126 Å². The predicted molar refractivity (Wildman–Crippen MR) is 87.8 cm³/mol. The molecule has 2 nitrogen and oxygen atoms in total. The van der Waals surface area contributed by atoms with Gasteiger partial charge in [-0.3, -0.25) is 0 Å². The Morgan fingerprint density at radius 1 is 1.20 bits per heavy atom. The standard InChI is InChI=1S/C17H24N2S/c1-17(2,16(18)15-7-5-4-6-8-15)13-19(3)11-14-9-10-20-12-14/h4-10,12,16H,11,13,18H2,1-3H3. The number of rotatable bonds is 6. The summed E-state index contributed by atoms with van der Waals surface area (Å²) in [4.78, 5) is 2.35. The van der Waals surface area contributed by atoms with Gasteiger partial charge in [0.1, 0.15) is 0 Å². The molecule has 0 aliphatic carbocycles. The number of hydrogen-bond acceptors (Lipinski definition) is 3. The second-order valence-corrected chi connectivity index (χ2v) is 6.96. The van der Waals surface area contributed by atoms with Gasteiger partial charge < -0.3 is 10.6 Å². The maximum absolute atomic E-state index is 6.47. The van der Waals surface area contributed by atoms with Gasteiger partial charge in [-0.1, -0.05) is 44.2 Å². The molecule has 3 heteroatoms. The molecule has 1 aromatic carbocycles. The van der Waals surface area contributed by atoms with Crippen LogP contribution < -0.4 is 5.73 Å². The van der Waals surface area contributed by atoms with Gasteiger partial charge in [-0.25, -0.2) is 0 Å². The highest BCUT2D eigenvalue weighted by Gasteiger charge is 2.29.